The summed E-state index contributed by atoms with van der Waals surface area (Å²) in [5, 5.41) is 8.53. The summed E-state index contributed by atoms with van der Waals surface area (Å²) in [5.74, 6) is -1.09. The molecular weight excluding hydrogens is 343 g/mol. The van der Waals surface area contributed by atoms with Crippen molar-refractivity contribution in [3.05, 3.63) is 82.3 Å². The fourth-order valence-corrected chi connectivity index (χ4v) is 2.66. The second-order valence-electron chi connectivity index (χ2n) is 5.00. The molecule has 126 valence electrons. The van der Waals surface area contributed by atoms with E-state index in [0.717, 1.165) is 0 Å². The summed E-state index contributed by atoms with van der Waals surface area (Å²) in [6.07, 6.45) is 2.85. The van der Waals surface area contributed by atoms with Crippen molar-refractivity contribution in [1.29, 1.82) is 0 Å². The minimum Gasteiger partial charge on any atom is -0.465 e. The summed E-state index contributed by atoms with van der Waals surface area (Å²) < 4.78 is 18.5. The molecule has 2 N–H and O–H groups in total. The number of rotatable bonds is 5. The maximum Gasteiger partial charge on any atom is 0.272 e. The van der Waals surface area contributed by atoms with Crippen LogP contribution < -0.4 is 10.6 Å². The van der Waals surface area contributed by atoms with Crippen molar-refractivity contribution in [1.82, 2.24) is 5.32 Å². The molecule has 0 aliphatic carbocycles. The van der Waals surface area contributed by atoms with Gasteiger partial charge >= 0.3 is 0 Å². The molecule has 2 aromatic heterocycles. The van der Waals surface area contributed by atoms with Crippen molar-refractivity contribution in [2.24, 2.45) is 0 Å². The Morgan fingerprint density at radius 3 is 2.72 bits per heavy atom. The van der Waals surface area contributed by atoms with Crippen molar-refractivity contribution in [2.75, 3.05) is 5.32 Å². The molecule has 7 heteroatoms. The Bertz CT molecular complexity index is 902. The van der Waals surface area contributed by atoms with Gasteiger partial charge in [0.25, 0.3) is 11.8 Å². The zero-order chi connectivity index (χ0) is 17.6. The molecule has 1 aromatic carbocycles. The van der Waals surface area contributed by atoms with Crippen LogP contribution in [0.4, 0.5) is 10.1 Å². The molecule has 25 heavy (non-hydrogen) atoms. The van der Waals surface area contributed by atoms with E-state index in [1.54, 1.807) is 35.0 Å². The number of hydrogen-bond acceptors (Lipinski definition) is 4. The molecule has 2 heterocycles. The molecule has 0 bridgehead atoms. The fraction of sp³-hybridized carbons (Fsp3) is 0. The van der Waals surface area contributed by atoms with Crippen molar-refractivity contribution in [2.45, 2.75) is 0 Å². The molecule has 0 atom stereocenters. The SMILES string of the molecule is O=C(Nc1cccc(F)c1)C(=Cc1ccco1)NC(=O)c1ccsc1. The molecule has 0 spiro atoms. The minimum atomic E-state index is -0.592. The van der Waals surface area contributed by atoms with Crippen LogP contribution in [0, 0.1) is 5.82 Å². The first kappa shape index (κ1) is 16.7. The van der Waals surface area contributed by atoms with Crippen LogP contribution in [0.1, 0.15) is 16.1 Å². The van der Waals surface area contributed by atoms with Crippen molar-refractivity contribution in [3.63, 3.8) is 0 Å². The van der Waals surface area contributed by atoms with Crippen LogP contribution in [0.25, 0.3) is 6.08 Å². The molecule has 0 saturated heterocycles. The Hall–Kier alpha value is -3.19. The average Bonchev–Trinajstić information content (AvgIpc) is 3.28. The second-order valence-corrected chi connectivity index (χ2v) is 5.78. The molecule has 5 nitrogen and oxygen atoms in total. The summed E-state index contributed by atoms with van der Waals surface area (Å²) in [5.41, 5.74) is 0.699. The third kappa shape index (κ3) is 4.42. The lowest BCUT2D eigenvalue weighted by Crippen LogP contribution is -2.30. The number of nitrogens with one attached hydrogen (secondary N) is 2. The lowest BCUT2D eigenvalue weighted by atomic mass is 10.2. The fourth-order valence-electron chi connectivity index (χ4n) is 2.03. The summed E-state index contributed by atoms with van der Waals surface area (Å²) in [4.78, 5) is 24.7. The van der Waals surface area contributed by atoms with Gasteiger partial charge in [0.05, 0.1) is 11.8 Å². The number of amides is 2. The lowest BCUT2D eigenvalue weighted by molar-refractivity contribution is -0.113. The second kappa shape index (κ2) is 7.59. The van der Waals surface area contributed by atoms with Crippen LogP contribution in [0.2, 0.25) is 0 Å². The third-order valence-corrected chi connectivity index (χ3v) is 3.87. The first-order valence-corrected chi connectivity index (χ1v) is 8.22. The van der Waals surface area contributed by atoms with Gasteiger partial charge in [0.15, 0.2) is 0 Å². The zero-order valence-electron chi connectivity index (χ0n) is 12.9. The molecule has 0 fully saturated rings. The first-order valence-electron chi connectivity index (χ1n) is 7.27. The summed E-state index contributed by atoms with van der Waals surface area (Å²) in [6.45, 7) is 0. The average molecular weight is 356 g/mol. The number of hydrogen-bond donors (Lipinski definition) is 2. The van der Waals surface area contributed by atoms with Crippen molar-refractivity contribution < 1.29 is 18.4 Å². The van der Waals surface area contributed by atoms with Crippen LogP contribution in [0.15, 0.2) is 69.6 Å². The van der Waals surface area contributed by atoms with Crippen LogP contribution in [-0.2, 0) is 4.79 Å². The van der Waals surface area contributed by atoms with Crippen LogP contribution in [0.5, 0.6) is 0 Å². The number of thiophene rings is 1. The summed E-state index contributed by atoms with van der Waals surface area (Å²) in [7, 11) is 0. The van der Waals surface area contributed by atoms with Crippen molar-refractivity contribution in [3.8, 4) is 0 Å². The highest BCUT2D eigenvalue weighted by molar-refractivity contribution is 7.08. The molecule has 0 radical (unpaired) electrons. The van der Waals surface area contributed by atoms with Gasteiger partial charge in [-0.05, 0) is 41.8 Å². The number of benzene rings is 1. The first-order chi connectivity index (χ1) is 12.1. The topological polar surface area (TPSA) is 71.3 Å². The number of halogens is 1. The van der Waals surface area contributed by atoms with Crippen LogP contribution >= 0.6 is 11.3 Å². The quantitative estimate of drug-likeness (QED) is 0.681. The van der Waals surface area contributed by atoms with Gasteiger partial charge in [0.2, 0.25) is 0 Å². The van der Waals surface area contributed by atoms with E-state index in [1.165, 1.54) is 41.9 Å². The zero-order valence-corrected chi connectivity index (χ0v) is 13.7. The van der Waals surface area contributed by atoms with E-state index in [2.05, 4.69) is 10.6 Å². The van der Waals surface area contributed by atoms with E-state index in [0.29, 0.717) is 11.3 Å². The van der Waals surface area contributed by atoms with Gasteiger partial charge < -0.3 is 15.1 Å². The molecule has 3 rings (SSSR count). The molecule has 3 aromatic rings. The maximum atomic E-state index is 13.3. The van der Waals surface area contributed by atoms with E-state index in [9.17, 15) is 14.0 Å². The molecule has 0 aliphatic rings. The highest BCUT2D eigenvalue weighted by atomic mass is 32.1. The van der Waals surface area contributed by atoms with E-state index in [1.807, 2.05) is 0 Å². The van der Waals surface area contributed by atoms with Gasteiger partial charge in [-0.2, -0.15) is 11.3 Å². The van der Waals surface area contributed by atoms with Gasteiger partial charge in [-0.3, -0.25) is 9.59 Å². The van der Waals surface area contributed by atoms with Crippen molar-refractivity contribution >= 4 is 34.9 Å². The van der Waals surface area contributed by atoms with Crippen LogP contribution in [0.3, 0.4) is 0 Å². The lowest BCUT2D eigenvalue weighted by Gasteiger charge is -2.10. The Balaban J connectivity index is 1.83. The standard InChI is InChI=1S/C18H13FN2O3S/c19-13-3-1-4-14(9-13)20-18(23)16(10-15-5-2-7-24-15)21-17(22)12-6-8-25-11-12/h1-11H,(H,20,23)(H,21,22). The van der Waals surface area contributed by atoms with Gasteiger partial charge in [0, 0.05) is 17.1 Å². The van der Waals surface area contributed by atoms with E-state index in [4.69, 9.17) is 4.42 Å². The minimum absolute atomic E-state index is 0.0181. The van der Waals surface area contributed by atoms with E-state index >= 15 is 0 Å². The predicted molar refractivity (Wildman–Crippen MR) is 93.5 cm³/mol. The number of carbonyl (C=O) groups is 2. The molecule has 0 aliphatic heterocycles. The number of carbonyl (C=O) groups excluding carboxylic acids is 2. The smallest absolute Gasteiger partial charge is 0.272 e. The van der Waals surface area contributed by atoms with Gasteiger partial charge in [-0.25, -0.2) is 4.39 Å². The van der Waals surface area contributed by atoms with Gasteiger partial charge in [-0.1, -0.05) is 6.07 Å². The van der Waals surface area contributed by atoms with Crippen LogP contribution in [-0.4, -0.2) is 11.8 Å². The normalized spacial score (nSPS) is 11.2. The van der Waals surface area contributed by atoms with E-state index in [-0.39, 0.29) is 11.4 Å². The van der Waals surface area contributed by atoms with Gasteiger partial charge in [0.1, 0.15) is 17.3 Å². The summed E-state index contributed by atoms with van der Waals surface area (Å²) in [6, 6.07) is 10.4. The van der Waals surface area contributed by atoms with E-state index < -0.39 is 17.6 Å². The van der Waals surface area contributed by atoms with Gasteiger partial charge in [-0.15, -0.1) is 0 Å². The Kier molecular flexibility index (Phi) is 5.06. The Morgan fingerprint density at radius 1 is 1.16 bits per heavy atom. The number of furan rings is 1. The predicted octanol–water partition coefficient (Wildman–Crippen LogP) is 3.89. The largest absolute Gasteiger partial charge is 0.465 e. The third-order valence-electron chi connectivity index (χ3n) is 3.19. The number of anilines is 1. The monoisotopic (exact) mass is 356 g/mol. The Labute approximate surface area is 146 Å². The molecule has 0 saturated carbocycles. The molecule has 0 unspecified atom stereocenters. The maximum absolute atomic E-state index is 13.3. The summed E-state index contributed by atoms with van der Waals surface area (Å²) >= 11 is 1.37. The highest BCUT2D eigenvalue weighted by Gasteiger charge is 2.16. The highest BCUT2D eigenvalue weighted by Crippen LogP contribution is 2.13. The molecule has 2 amide bonds. The molecular formula is C18H13FN2O3S. The Morgan fingerprint density at radius 2 is 2.04 bits per heavy atom.